The highest BCUT2D eigenvalue weighted by atomic mass is 35.5. The van der Waals surface area contributed by atoms with Gasteiger partial charge in [-0.1, -0.05) is 53.2 Å². The third-order valence-corrected chi connectivity index (χ3v) is 7.09. The molecule has 0 aromatic heterocycles. The van der Waals surface area contributed by atoms with E-state index in [-0.39, 0.29) is 24.5 Å². The van der Waals surface area contributed by atoms with Crippen LogP contribution in [0.15, 0.2) is 41.3 Å². The Hall–Kier alpha value is -2.30. The van der Waals surface area contributed by atoms with Gasteiger partial charge >= 0.3 is 0 Å². The van der Waals surface area contributed by atoms with Crippen LogP contribution in [0.5, 0.6) is 11.5 Å². The predicted octanol–water partition coefficient (Wildman–Crippen LogP) is 5.40. The number of methoxy groups -OCH3 is 1. The van der Waals surface area contributed by atoms with Crippen LogP contribution < -0.4 is 14.8 Å². The Bertz CT molecular complexity index is 1160. The fourth-order valence-electron chi connectivity index (χ4n) is 3.66. The van der Waals surface area contributed by atoms with Crippen LogP contribution in [0.4, 0.5) is 5.69 Å². The van der Waals surface area contributed by atoms with E-state index in [2.05, 4.69) is 5.32 Å². The molecule has 2 aromatic carbocycles. The van der Waals surface area contributed by atoms with Crippen LogP contribution in [0.3, 0.4) is 0 Å². The maximum atomic E-state index is 12.9. The number of ether oxygens (including phenoxy) is 3. The van der Waals surface area contributed by atoms with Crippen molar-refractivity contribution >= 4 is 75.1 Å². The average Bonchev–Trinajstić information content (AvgIpc) is 3.41. The van der Waals surface area contributed by atoms with Crippen molar-refractivity contribution in [1.82, 2.24) is 4.90 Å². The smallest absolute Gasteiger partial charge is 0.266 e. The zero-order valence-electron chi connectivity index (χ0n) is 18.7. The van der Waals surface area contributed by atoms with Crippen molar-refractivity contribution in [2.24, 2.45) is 0 Å². The Morgan fingerprint density at radius 1 is 1.26 bits per heavy atom. The first-order chi connectivity index (χ1) is 16.8. The van der Waals surface area contributed by atoms with Gasteiger partial charge in [0.1, 0.15) is 4.32 Å². The van der Waals surface area contributed by atoms with E-state index < -0.39 is 0 Å². The van der Waals surface area contributed by atoms with Gasteiger partial charge in [-0.3, -0.25) is 14.5 Å². The largest absolute Gasteiger partial charge is 0.493 e. The molecule has 7 nitrogen and oxygen atoms in total. The first-order valence-electron chi connectivity index (χ1n) is 10.8. The van der Waals surface area contributed by atoms with Crippen LogP contribution in [-0.4, -0.2) is 54.0 Å². The maximum absolute atomic E-state index is 12.9. The first kappa shape index (κ1) is 25.8. The number of anilines is 1. The van der Waals surface area contributed by atoms with Crippen LogP contribution >= 0.6 is 47.2 Å². The molecule has 0 saturated carbocycles. The van der Waals surface area contributed by atoms with Crippen molar-refractivity contribution in [3.63, 3.8) is 0 Å². The number of hydrogen-bond donors (Lipinski definition) is 1. The molecule has 35 heavy (non-hydrogen) atoms. The zero-order chi connectivity index (χ0) is 24.9. The van der Waals surface area contributed by atoms with Crippen LogP contribution in [-0.2, 0) is 14.3 Å². The van der Waals surface area contributed by atoms with Gasteiger partial charge in [-0.2, -0.15) is 0 Å². The zero-order valence-corrected chi connectivity index (χ0v) is 21.9. The van der Waals surface area contributed by atoms with Gasteiger partial charge in [0.05, 0.1) is 24.7 Å². The highest BCUT2D eigenvalue weighted by molar-refractivity contribution is 8.26. The third kappa shape index (κ3) is 6.68. The molecule has 184 valence electrons. The van der Waals surface area contributed by atoms with Crippen LogP contribution in [0.2, 0.25) is 10.0 Å². The molecule has 11 heteroatoms. The minimum atomic E-state index is -0.385. The van der Waals surface area contributed by atoms with Gasteiger partial charge in [0, 0.05) is 22.3 Å². The van der Waals surface area contributed by atoms with Crippen molar-refractivity contribution in [2.45, 2.75) is 18.9 Å². The summed E-state index contributed by atoms with van der Waals surface area (Å²) in [7, 11) is 1.50. The summed E-state index contributed by atoms with van der Waals surface area (Å²) in [4.78, 5) is 27.3. The van der Waals surface area contributed by atoms with E-state index in [9.17, 15) is 9.59 Å². The highest BCUT2D eigenvalue weighted by Crippen LogP contribution is 2.35. The number of hydrogen-bond acceptors (Lipinski definition) is 7. The number of carbonyl (C=O) groups excluding carboxylic acids is 2. The van der Waals surface area contributed by atoms with Gasteiger partial charge in [0.15, 0.2) is 18.1 Å². The standard InChI is InChI=1S/C24H22Cl2N2O5S2/c1-31-20-7-14(8-21-23(30)28(24(34)35-21)12-18-3-2-6-32-18)4-5-19(20)33-13-22(29)27-17-10-15(25)9-16(26)11-17/h4-5,7-11,18H,2-3,6,12-13H2,1H3,(H,27,29)/b21-8-/t18-/m0/s1. The van der Waals surface area contributed by atoms with Crippen molar-refractivity contribution in [3.05, 3.63) is 56.9 Å². The number of carbonyl (C=O) groups is 2. The number of nitrogens with zero attached hydrogens (tertiary/aromatic N) is 1. The van der Waals surface area contributed by atoms with E-state index in [0.29, 0.717) is 43.0 Å². The molecule has 0 unspecified atom stereocenters. The number of thioether (sulfide) groups is 1. The molecule has 2 aliphatic heterocycles. The molecule has 2 heterocycles. The lowest BCUT2D eigenvalue weighted by Crippen LogP contribution is -2.35. The number of rotatable bonds is 8. The fraction of sp³-hybridized carbons (Fsp3) is 0.292. The number of nitrogens with one attached hydrogen (secondary N) is 1. The molecule has 4 rings (SSSR count). The van der Waals surface area contributed by atoms with Gasteiger partial charge in [0.2, 0.25) is 0 Å². The second kappa shape index (κ2) is 11.6. The quantitative estimate of drug-likeness (QED) is 0.347. The molecule has 1 atom stereocenters. The Balaban J connectivity index is 1.39. The summed E-state index contributed by atoms with van der Waals surface area (Å²) in [6.45, 7) is 0.948. The summed E-state index contributed by atoms with van der Waals surface area (Å²) in [6.07, 6.45) is 3.72. The summed E-state index contributed by atoms with van der Waals surface area (Å²) in [5, 5.41) is 3.50. The van der Waals surface area contributed by atoms with Crippen molar-refractivity contribution < 1.29 is 23.8 Å². The minimum Gasteiger partial charge on any atom is -0.493 e. The minimum absolute atomic E-state index is 0.0291. The first-order valence-corrected chi connectivity index (χ1v) is 12.7. The van der Waals surface area contributed by atoms with Gasteiger partial charge < -0.3 is 19.5 Å². The molecule has 0 bridgehead atoms. The molecule has 2 fully saturated rings. The summed E-state index contributed by atoms with van der Waals surface area (Å²) < 4.78 is 17.2. The number of thiocarbonyl (C=S) groups is 1. The molecule has 2 saturated heterocycles. The Kier molecular flexibility index (Phi) is 8.56. The molecule has 0 radical (unpaired) electrons. The lowest BCUT2D eigenvalue weighted by Gasteiger charge is -2.18. The van der Waals surface area contributed by atoms with Gasteiger partial charge in [0.25, 0.3) is 11.8 Å². The Morgan fingerprint density at radius 3 is 2.71 bits per heavy atom. The monoisotopic (exact) mass is 552 g/mol. The molecule has 2 amide bonds. The SMILES string of the molecule is COc1cc(/C=C2\SC(=S)N(C[C@@H]3CCCO3)C2=O)ccc1OCC(=O)Nc1cc(Cl)cc(Cl)c1. The summed E-state index contributed by atoms with van der Waals surface area (Å²) >= 11 is 18.6. The van der Waals surface area contributed by atoms with E-state index in [1.54, 1.807) is 47.4 Å². The van der Waals surface area contributed by atoms with Crippen molar-refractivity contribution in [2.75, 3.05) is 32.2 Å². The van der Waals surface area contributed by atoms with Crippen LogP contribution in [0.1, 0.15) is 18.4 Å². The van der Waals surface area contributed by atoms with E-state index in [1.165, 1.54) is 18.9 Å². The van der Waals surface area contributed by atoms with Gasteiger partial charge in [-0.25, -0.2) is 0 Å². The van der Waals surface area contributed by atoms with Gasteiger partial charge in [-0.05, 0) is 54.8 Å². The number of benzene rings is 2. The Labute approximate surface area is 222 Å². The summed E-state index contributed by atoms with van der Waals surface area (Å²) in [6, 6.07) is 9.94. The van der Waals surface area contributed by atoms with E-state index in [0.717, 1.165) is 25.0 Å². The molecule has 1 N–H and O–H groups in total. The lowest BCUT2D eigenvalue weighted by atomic mass is 10.1. The van der Waals surface area contributed by atoms with Crippen molar-refractivity contribution in [1.29, 1.82) is 0 Å². The normalized spacial score (nSPS) is 18.9. The highest BCUT2D eigenvalue weighted by Gasteiger charge is 2.34. The molecule has 0 aliphatic carbocycles. The topological polar surface area (TPSA) is 77.1 Å². The van der Waals surface area contributed by atoms with E-state index in [1.807, 2.05) is 0 Å². The molecule has 0 spiro atoms. The second-order valence-electron chi connectivity index (χ2n) is 7.83. The van der Waals surface area contributed by atoms with E-state index in [4.69, 9.17) is 49.6 Å². The summed E-state index contributed by atoms with van der Waals surface area (Å²) in [5.41, 5.74) is 1.21. The fourth-order valence-corrected chi connectivity index (χ4v) is 5.46. The molecular weight excluding hydrogens is 531 g/mol. The maximum Gasteiger partial charge on any atom is 0.266 e. The molecular formula is C24H22Cl2N2O5S2. The van der Waals surface area contributed by atoms with Gasteiger partial charge in [-0.15, -0.1) is 0 Å². The van der Waals surface area contributed by atoms with Crippen LogP contribution in [0, 0.1) is 0 Å². The molecule has 2 aliphatic rings. The second-order valence-corrected chi connectivity index (χ2v) is 10.4. The third-order valence-electron chi connectivity index (χ3n) is 5.27. The summed E-state index contributed by atoms with van der Waals surface area (Å²) in [5.74, 6) is 0.291. The van der Waals surface area contributed by atoms with E-state index >= 15 is 0 Å². The molecule has 2 aromatic rings. The van der Waals surface area contributed by atoms with Crippen LogP contribution in [0.25, 0.3) is 6.08 Å². The lowest BCUT2D eigenvalue weighted by molar-refractivity contribution is -0.123. The average molecular weight is 553 g/mol. The van der Waals surface area contributed by atoms with Crippen molar-refractivity contribution in [3.8, 4) is 11.5 Å². The predicted molar refractivity (Wildman–Crippen MR) is 142 cm³/mol. The number of amides is 2. The number of halogens is 2. The Morgan fingerprint density at radius 2 is 2.03 bits per heavy atom.